The van der Waals surface area contributed by atoms with Crippen LogP contribution in [0.1, 0.15) is 118 Å². The highest BCUT2D eigenvalue weighted by atomic mass is 16.1. The minimum Gasteiger partial charge on any atom is -0.299 e. The lowest BCUT2D eigenvalue weighted by Gasteiger charge is -2.22. The van der Waals surface area contributed by atoms with Crippen molar-refractivity contribution in [3.63, 3.8) is 0 Å². The number of carbonyl (C=O) groups is 1. The topological polar surface area (TPSA) is 17.1 Å². The second-order valence-corrected chi connectivity index (χ2v) is 7.12. The summed E-state index contributed by atoms with van der Waals surface area (Å²) in [4.78, 5) is 12.3. The highest BCUT2D eigenvalue weighted by molar-refractivity contribution is 5.80. The van der Waals surface area contributed by atoms with Crippen LogP contribution in [0, 0.1) is 11.8 Å². The van der Waals surface area contributed by atoms with Gasteiger partial charge in [-0.1, -0.05) is 91.9 Å². The van der Waals surface area contributed by atoms with E-state index >= 15 is 0 Å². The van der Waals surface area contributed by atoms with Crippen LogP contribution in [0.3, 0.4) is 0 Å². The van der Waals surface area contributed by atoms with Gasteiger partial charge in [-0.25, -0.2) is 0 Å². The first kappa shape index (κ1) is 21.7. The number of ketones is 1. The zero-order chi connectivity index (χ0) is 16.6. The van der Waals surface area contributed by atoms with Gasteiger partial charge in [-0.05, 0) is 25.2 Å². The first-order chi connectivity index (χ1) is 10.7. The Morgan fingerprint density at radius 1 is 0.727 bits per heavy atom. The molecule has 0 N–H and O–H groups in total. The van der Waals surface area contributed by atoms with E-state index in [2.05, 4.69) is 27.7 Å². The van der Waals surface area contributed by atoms with Gasteiger partial charge in [0.15, 0.2) is 0 Å². The van der Waals surface area contributed by atoms with Crippen molar-refractivity contribution in [3.8, 4) is 0 Å². The van der Waals surface area contributed by atoms with E-state index in [1.807, 2.05) is 0 Å². The second kappa shape index (κ2) is 15.6. The van der Waals surface area contributed by atoms with Crippen LogP contribution in [0.5, 0.6) is 0 Å². The summed E-state index contributed by atoms with van der Waals surface area (Å²) in [5, 5.41) is 0. The molecule has 0 saturated carbocycles. The molecule has 0 amide bonds. The molecule has 0 bridgehead atoms. The van der Waals surface area contributed by atoms with Gasteiger partial charge < -0.3 is 0 Å². The zero-order valence-electron chi connectivity index (χ0n) is 16.0. The maximum absolute atomic E-state index is 12.3. The first-order valence-corrected chi connectivity index (χ1v) is 10.2. The van der Waals surface area contributed by atoms with Gasteiger partial charge in [0.1, 0.15) is 5.78 Å². The molecule has 1 heteroatoms. The molecular weight excluding hydrogens is 268 g/mol. The third kappa shape index (κ3) is 11.3. The average molecular weight is 311 g/mol. The molecule has 0 aliphatic heterocycles. The van der Waals surface area contributed by atoms with Crippen LogP contribution in [0.2, 0.25) is 0 Å². The van der Waals surface area contributed by atoms with Crippen molar-refractivity contribution in [2.75, 3.05) is 0 Å². The van der Waals surface area contributed by atoms with Crippen LogP contribution in [0.15, 0.2) is 0 Å². The third-order valence-corrected chi connectivity index (χ3v) is 4.99. The molecule has 0 radical (unpaired) electrons. The standard InChI is InChI=1S/C21H42O/c1-5-9-11-12-14-17-19(16-13-10-6-2)18-20(8-4)21(22)15-7-3/h19-20H,5-18H2,1-4H3. The molecule has 0 aromatic heterocycles. The molecule has 0 saturated heterocycles. The molecule has 0 aliphatic rings. The van der Waals surface area contributed by atoms with Crippen LogP contribution in [0.4, 0.5) is 0 Å². The molecule has 0 aromatic rings. The average Bonchev–Trinajstić information content (AvgIpc) is 2.52. The van der Waals surface area contributed by atoms with Gasteiger partial charge in [0.25, 0.3) is 0 Å². The molecule has 0 fully saturated rings. The predicted octanol–water partition coefficient (Wildman–Crippen LogP) is 7.33. The molecule has 132 valence electrons. The van der Waals surface area contributed by atoms with E-state index in [0.29, 0.717) is 11.7 Å². The minimum atomic E-state index is 0.335. The monoisotopic (exact) mass is 310 g/mol. The van der Waals surface area contributed by atoms with E-state index in [1.54, 1.807) is 0 Å². The molecular formula is C21H42O. The fourth-order valence-electron chi connectivity index (χ4n) is 3.48. The third-order valence-electron chi connectivity index (χ3n) is 4.99. The second-order valence-electron chi connectivity index (χ2n) is 7.12. The molecule has 22 heavy (non-hydrogen) atoms. The molecule has 2 unspecified atom stereocenters. The van der Waals surface area contributed by atoms with Crippen molar-refractivity contribution >= 4 is 5.78 Å². The number of Topliss-reactive ketones (excluding diaryl/α,β-unsaturated/α-hetero) is 1. The van der Waals surface area contributed by atoms with Gasteiger partial charge in [-0.15, -0.1) is 0 Å². The van der Waals surface area contributed by atoms with Crippen molar-refractivity contribution < 1.29 is 4.79 Å². The lowest BCUT2D eigenvalue weighted by molar-refractivity contribution is -0.123. The van der Waals surface area contributed by atoms with E-state index in [9.17, 15) is 4.79 Å². The molecule has 1 nitrogen and oxygen atoms in total. The number of hydrogen-bond donors (Lipinski definition) is 0. The summed E-state index contributed by atoms with van der Waals surface area (Å²) in [6, 6.07) is 0. The van der Waals surface area contributed by atoms with Gasteiger partial charge >= 0.3 is 0 Å². The molecule has 0 aromatic carbocycles. The Bertz CT molecular complexity index is 246. The van der Waals surface area contributed by atoms with Crippen LogP contribution >= 0.6 is 0 Å². The smallest absolute Gasteiger partial charge is 0.135 e. The maximum atomic E-state index is 12.3. The van der Waals surface area contributed by atoms with Crippen molar-refractivity contribution in [1.29, 1.82) is 0 Å². The fourth-order valence-corrected chi connectivity index (χ4v) is 3.48. The number of unbranched alkanes of at least 4 members (excludes halogenated alkanes) is 6. The van der Waals surface area contributed by atoms with E-state index in [-0.39, 0.29) is 0 Å². The minimum absolute atomic E-state index is 0.335. The first-order valence-electron chi connectivity index (χ1n) is 10.2. The summed E-state index contributed by atoms with van der Waals surface area (Å²) in [6.45, 7) is 8.87. The van der Waals surface area contributed by atoms with Crippen LogP contribution in [0.25, 0.3) is 0 Å². The SMILES string of the molecule is CCCCCCCC(CCCCC)CC(CC)C(=O)CCC. The maximum Gasteiger partial charge on any atom is 0.135 e. The van der Waals surface area contributed by atoms with E-state index in [4.69, 9.17) is 0 Å². The van der Waals surface area contributed by atoms with Crippen LogP contribution in [-0.2, 0) is 4.79 Å². The fraction of sp³-hybridized carbons (Fsp3) is 0.952. The largest absolute Gasteiger partial charge is 0.299 e. The Kier molecular flexibility index (Phi) is 15.3. The zero-order valence-corrected chi connectivity index (χ0v) is 16.0. The van der Waals surface area contributed by atoms with Crippen molar-refractivity contribution in [2.24, 2.45) is 11.8 Å². The predicted molar refractivity (Wildman–Crippen MR) is 99.3 cm³/mol. The number of hydrogen-bond acceptors (Lipinski definition) is 1. The Hall–Kier alpha value is -0.330. The summed E-state index contributed by atoms with van der Waals surface area (Å²) < 4.78 is 0. The summed E-state index contributed by atoms with van der Waals surface area (Å²) in [7, 11) is 0. The molecule has 0 aliphatic carbocycles. The van der Waals surface area contributed by atoms with E-state index < -0.39 is 0 Å². The molecule has 0 heterocycles. The lowest BCUT2D eigenvalue weighted by atomic mass is 9.82. The van der Waals surface area contributed by atoms with Gasteiger partial charge in [0, 0.05) is 12.3 Å². The van der Waals surface area contributed by atoms with Gasteiger partial charge in [0.05, 0.1) is 0 Å². The van der Waals surface area contributed by atoms with E-state index in [1.165, 1.54) is 64.2 Å². The normalized spacial score (nSPS) is 14.0. The van der Waals surface area contributed by atoms with Gasteiger partial charge in [-0.3, -0.25) is 4.79 Å². The highest BCUT2D eigenvalue weighted by Crippen LogP contribution is 2.27. The van der Waals surface area contributed by atoms with Gasteiger partial charge in [0.2, 0.25) is 0 Å². The quantitative estimate of drug-likeness (QED) is 0.273. The summed E-state index contributed by atoms with van der Waals surface area (Å²) in [6.07, 6.45) is 17.6. The highest BCUT2D eigenvalue weighted by Gasteiger charge is 2.20. The van der Waals surface area contributed by atoms with Crippen LogP contribution in [-0.4, -0.2) is 5.78 Å². The Morgan fingerprint density at radius 2 is 1.27 bits per heavy atom. The van der Waals surface area contributed by atoms with Crippen molar-refractivity contribution in [1.82, 2.24) is 0 Å². The summed E-state index contributed by atoms with van der Waals surface area (Å²) in [5.74, 6) is 1.65. The Balaban J connectivity index is 4.26. The van der Waals surface area contributed by atoms with Crippen molar-refractivity contribution in [2.45, 2.75) is 118 Å². The van der Waals surface area contributed by atoms with Crippen LogP contribution < -0.4 is 0 Å². The Morgan fingerprint density at radius 3 is 1.82 bits per heavy atom. The summed E-state index contributed by atoms with van der Waals surface area (Å²) in [5.41, 5.74) is 0. The molecule has 0 rings (SSSR count). The van der Waals surface area contributed by atoms with Gasteiger partial charge in [-0.2, -0.15) is 0 Å². The lowest BCUT2D eigenvalue weighted by Crippen LogP contribution is -2.18. The molecule has 2 atom stereocenters. The van der Waals surface area contributed by atoms with Crippen molar-refractivity contribution in [3.05, 3.63) is 0 Å². The Labute approximate surface area is 140 Å². The number of carbonyl (C=O) groups excluding carboxylic acids is 1. The van der Waals surface area contributed by atoms with E-state index in [0.717, 1.165) is 31.6 Å². The number of rotatable bonds is 16. The molecule has 0 spiro atoms. The summed E-state index contributed by atoms with van der Waals surface area (Å²) >= 11 is 0.